The van der Waals surface area contributed by atoms with Crippen LogP contribution < -0.4 is 0 Å². The van der Waals surface area contributed by atoms with Crippen LogP contribution in [0.3, 0.4) is 0 Å². The molecule has 24 heavy (non-hydrogen) atoms. The molecule has 4 bridgehead atoms. The van der Waals surface area contributed by atoms with Crippen molar-refractivity contribution in [3.63, 3.8) is 0 Å². The van der Waals surface area contributed by atoms with E-state index < -0.39 is 5.60 Å². The van der Waals surface area contributed by atoms with Crippen molar-refractivity contribution < 1.29 is 5.11 Å². The number of rotatable bonds is 2. The molecule has 0 heterocycles. The monoisotopic (exact) mass is 338 g/mol. The van der Waals surface area contributed by atoms with Crippen molar-refractivity contribution in [2.24, 2.45) is 23.7 Å². The Kier molecular flexibility index (Phi) is 3.34. The summed E-state index contributed by atoms with van der Waals surface area (Å²) in [6, 6.07) is 16.5. The Bertz CT molecular complexity index is 739. The molecule has 0 unspecified atom stereocenters. The van der Waals surface area contributed by atoms with Crippen molar-refractivity contribution in [2.45, 2.75) is 37.7 Å². The van der Waals surface area contributed by atoms with Crippen LogP contribution in [0.2, 0.25) is 5.02 Å². The Balaban J connectivity index is 1.68. The molecule has 4 aliphatic carbocycles. The van der Waals surface area contributed by atoms with Gasteiger partial charge in [-0.1, -0.05) is 48.0 Å². The van der Waals surface area contributed by atoms with Crippen molar-refractivity contribution >= 4 is 11.6 Å². The smallest absolute Gasteiger partial charge is 0.0959 e. The lowest BCUT2D eigenvalue weighted by Gasteiger charge is -2.59. The summed E-state index contributed by atoms with van der Waals surface area (Å²) in [5.74, 6) is 2.48. The van der Waals surface area contributed by atoms with Crippen LogP contribution in [0.25, 0.3) is 11.1 Å². The second-order valence-electron chi connectivity index (χ2n) is 8.19. The number of halogens is 1. The minimum absolute atomic E-state index is 0.398. The molecule has 4 aliphatic rings. The van der Waals surface area contributed by atoms with E-state index in [4.69, 9.17) is 11.6 Å². The van der Waals surface area contributed by atoms with Crippen molar-refractivity contribution in [3.8, 4) is 11.1 Å². The number of hydrogen-bond donors (Lipinski definition) is 1. The summed E-state index contributed by atoms with van der Waals surface area (Å²) in [7, 11) is 0. The lowest BCUT2D eigenvalue weighted by atomic mass is 9.48. The molecule has 2 aromatic carbocycles. The predicted molar refractivity (Wildman–Crippen MR) is 97.8 cm³/mol. The molecule has 0 radical (unpaired) electrons. The summed E-state index contributed by atoms with van der Waals surface area (Å²) in [6.07, 6.45) is 6.13. The lowest BCUT2D eigenvalue weighted by Crippen LogP contribution is -2.55. The topological polar surface area (TPSA) is 20.2 Å². The molecule has 2 heteroatoms. The van der Waals surface area contributed by atoms with Crippen LogP contribution in [0.1, 0.15) is 37.7 Å². The highest BCUT2D eigenvalue weighted by Gasteiger charge is 2.57. The van der Waals surface area contributed by atoms with E-state index in [9.17, 15) is 5.11 Å². The maximum absolute atomic E-state index is 12.0. The minimum Gasteiger partial charge on any atom is -0.385 e. The van der Waals surface area contributed by atoms with Crippen LogP contribution in [0.5, 0.6) is 0 Å². The largest absolute Gasteiger partial charge is 0.385 e. The average molecular weight is 339 g/mol. The zero-order valence-corrected chi connectivity index (χ0v) is 14.5. The first kappa shape index (κ1) is 15.0. The molecule has 0 saturated heterocycles. The summed E-state index contributed by atoms with van der Waals surface area (Å²) in [5.41, 5.74) is 2.68. The van der Waals surface area contributed by atoms with Gasteiger partial charge >= 0.3 is 0 Å². The zero-order valence-electron chi connectivity index (χ0n) is 13.8. The van der Waals surface area contributed by atoms with E-state index in [0.29, 0.717) is 11.8 Å². The zero-order chi connectivity index (χ0) is 16.3. The molecule has 4 fully saturated rings. The summed E-state index contributed by atoms with van der Waals surface area (Å²) in [6.45, 7) is 0. The molecule has 2 aromatic rings. The molecular weight excluding hydrogens is 316 g/mol. The van der Waals surface area contributed by atoms with Crippen molar-refractivity contribution in [2.75, 3.05) is 0 Å². The Hall–Kier alpha value is -1.31. The van der Waals surface area contributed by atoms with E-state index in [1.807, 2.05) is 18.2 Å². The van der Waals surface area contributed by atoms with Gasteiger partial charge in [-0.3, -0.25) is 0 Å². The van der Waals surface area contributed by atoms with E-state index in [2.05, 4.69) is 30.3 Å². The second kappa shape index (κ2) is 5.34. The first-order chi connectivity index (χ1) is 11.6. The number of aliphatic hydroxyl groups is 1. The average Bonchev–Trinajstić information content (AvgIpc) is 2.59. The van der Waals surface area contributed by atoms with Gasteiger partial charge in [0.25, 0.3) is 0 Å². The first-order valence-electron chi connectivity index (χ1n) is 9.22. The molecule has 1 nitrogen and oxygen atoms in total. The first-order valence-corrected chi connectivity index (χ1v) is 9.60. The van der Waals surface area contributed by atoms with E-state index >= 15 is 0 Å². The van der Waals surface area contributed by atoms with E-state index in [-0.39, 0.29) is 0 Å². The van der Waals surface area contributed by atoms with E-state index in [1.54, 1.807) is 0 Å². The SMILES string of the molecule is OC1(c2cc(Cl)ccc2-c2ccccc2)C2CC3CC(C2)CC1C3. The maximum Gasteiger partial charge on any atom is 0.0959 e. The van der Waals surface area contributed by atoms with Gasteiger partial charge < -0.3 is 5.11 Å². The van der Waals surface area contributed by atoms with Gasteiger partial charge in [0.2, 0.25) is 0 Å². The Morgan fingerprint density at radius 1 is 0.833 bits per heavy atom. The quantitative estimate of drug-likeness (QED) is 0.750. The van der Waals surface area contributed by atoms with Crippen LogP contribution in [0, 0.1) is 23.7 Å². The van der Waals surface area contributed by atoms with E-state index in [1.165, 1.54) is 37.7 Å². The predicted octanol–water partition coefficient (Wildman–Crippen LogP) is 5.65. The van der Waals surface area contributed by atoms with E-state index in [0.717, 1.165) is 28.0 Å². The molecule has 124 valence electrons. The summed E-state index contributed by atoms with van der Waals surface area (Å²) < 4.78 is 0. The fraction of sp³-hybridized carbons (Fsp3) is 0.455. The minimum atomic E-state index is -0.705. The fourth-order valence-corrected chi connectivity index (χ4v) is 6.23. The summed E-state index contributed by atoms with van der Waals surface area (Å²) >= 11 is 6.37. The molecule has 0 spiro atoms. The second-order valence-corrected chi connectivity index (χ2v) is 8.62. The van der Waals surface area contributed by atoms with Crippen LogP contribution in [-0.4, -0.2) is 5.11 Å². The standard InChI is InChI=1S/C22H23ClO/c23-19-6-7-20(16-4-2-1-3-5-16)21(13-19)22(24)17-9-14-8-15(11-17)12-18(22)10-14/h1-7,13-15,17-18,24H,8-12H2. The molecule has 0 aromatic heterocycles. The van der Waals surface area contributed by atoms with Crippen molar-refractivity contribution in [1.29, 1.82) is 0 Å². The van der Waals surface area contributed by atoms with Gasteiger partial charge in [-0.2, -0.15) is 0 Å². The Morgan fingerprint density at radius 3 is 2.08 bits per heavy atom. The van der Waals surface area contributed by atoms with Gasteiger partial charge in [-0.05, 0) is 84.6 Å². The Morgan fingerprint density at radius 2 is 1.46 bits per heavy atom. The molecule has 0 aliphatic heterocycles. The van der Waals surface area contributed by atoms with Gasteiger partial charge in [0.15, 0.2) is 0 Å². The van der Waals surface area contributed by atoms with Crippen LogP contribution in [0.4, 0.5) is 0 Å². The third-order valence-corrected chi connectivity index (χ3v) is 7.12. The highest BCUT2D eigenvalue weighted by atomic mass is 35.5. The Labute approximate surface area is 148 Å². The lowest BCUT2D eigenvalue weighted by molar-refractivity contribution is -0.179. The van der Waals surface area contributed by atoms with Gasteiger partial charge in [0.05, 0.1) is 5.60 Å². The van der Waals surface area contributed by atoms with Crippen LogP contribution in [0.15, 0.2) is 48.5 Å². The van der Waals surface area contributed by atoms with Gasteiger partial charge in [-0.25, -0.2) is 0 Å². The van der Waals surface area contributed by atoms with Gasteiger partial charge in [0, 0.05) is 5.02 Å². The summed E-state index contributed by atoms with van der Waals surface area (Å²) in [5, 5.41) is 12.7. The molecule has 6 rings (SSSR count). The highest BCUT2D eigenvalue weighted by Crippen LogP contribution is 2.62. The molecule has 0 atom stereocenters. The number of benzene rings is 2. The van der Waals surface area contributed by atoms with Crippen molar-refractivity contribution in [3.05, 3.63) is 59.1 Å². The molecule has 1 N–H and O–H groups in total. The molecule has 0 amide bonds. The van der Waals surface area contributed by atoms with Crippen LogP contribution in [-0.2, 0) is 5.60 Å². The van der Waals surface area contributed by atoms with Crippen LogP contribution >= 0.6 is 11.6 Å². The number of hydrogen-bond acceptors (Lipinski definition) is 1. The normalized spacial score (nSPS) is 36.9. The molecule has 4 saturated carbocycles. The third kappa shape index (κ3) is 2.11. The maximum atomic E-state index is 12.0. The summed E-state index contributed by atoms with van der Waals surface area (Å²) in [4.78, 5) is 0. The van der Waals surface area contributed by atoms with Gasteiger partial charge in [0.1, 0.15) is 0 Å². The molecular formula is C22H23ClO. The highest BCUT2D eigenvalue weighted by molar-refractivity contribution is 6.30. The third-order valence-electron chi connectivity index (χ3n) is 6.88. The fourth-order valence-electron chi connectivity index (χ4n) is 6.06. The van der Waals surface area contributed by atoms with Gasteiger partial charge in [-0.15, -0.1) is 0 Å². The van der Waals surface area contributed by atoms with Crippen molar-refractivity contribution in [1.82, 2.24) is 0 Å².